The van der Waals surface area contributed by atoms with Crippen molar-refractivity contribution in [2.45, 2.75) is 294 Å². The predicted molar refractivity (Wildman–Crippen MR) is 301 cm³/mol. The van der Waals surface area contributed by atoms with Crippen LogP contribution in [-0.2, 0) is 23.8 Å². The van der Waals surface area contributed by atoms with E-state index in [2.05, 4.69) is 80.8 Å². The van der Waals surface area contributed by atoms with E-state index in [-0.39, 0.29) is 19.4 Å². The Balaban J connectivity index is 2.70. The minimum atomic E-state index is -1.62. The highest BCUT2D eigenvalue weighted by Gasteiger charge is 2.47. The van der Waals surface area contributed by atoms with Crippen LogP contribution in [0.4, 0.5) is 0 Å². The van der Waals surface area contributed by atoms with Crippen LogP contribution in [0, 0.1) is 0 Å². The monoisotopic (exact) mass is 1030 g/mol. The lowest BCUT2D eigenvalue weighted by Gasteiger charge is -2.41. The number of aliphatic hydroxyl groups excluding tert-OH is 5. The van der Waals surface area contributed by atoms with Crippen LogP contribution in [-0.4, -0.2) is 99.6 Å². The molecule has 8 atom stereocenters. The topological polar surface area (TPSA) is 175 Å². The Morgan fingerprint density at radius 2 is 1.04 bits per heavy atom. The number of aliphatic hydroxyl groups is 5. The molecule has 0 radical (unpaired) electrons. The summed E-state index contributed by atoms with van der Waals surface area (Å²) in [6.07, 6.45) is 52.2. The third-order valence-electron chi connectivity index (χ3n) is 13.7. The number of nitrogens with one attached hydrogen (secondary N) is 1. The molecule has 1 amide bonds. The smallest absolute Gasteiger partial charge is 0.306 e. The maximum absolute atomic E-state index is 13.4. The standard InChI is InChI=1S/C62H109NO10/c1-4-7-10-13-16-19-22-24-26-27-28-30-31-34-37-40-43-46-49-55(66)61(70)63-53(54(65)48-45-42-39-36-33-21-18-15-12-9-6-3)52-71-62-60(59(69)58(68)56(51-64)72-62)73-57(67)50-47-44-41-38-35-32-29-25-23-20-17-14-11-8-5-2/h8,11,14,16-17,19-20,23-24,26,45,48,53-56,58-60,62,64-66,68-69H,4-7,9-10,12-13,15,18,21-22,25,27-44,46-47,49-52H2,1-3H3,(H,63,70)/b11-8+,17-14+,19-16-,23-20+,26-24-,48-45+. The zero-order chi connectivity index (χ0) is 53.3. The van der Waals surface area contributed by atoms with E-state index < -0.39 is 67.4 Å². The highest BCUT2D eigenvalue weighted by molar-refractivity contribution is 5.80. The Hall–Kier alpha value is -2.90. The molecular weight excluding hydrogens is 919 g/mol. The Bertz CT molecular complexity index is 1460. The van der Waals surface area contributed by atoms with Crippen molar-refractivity contribution >= 4 is 11.9 Å². The Labute approximate surface area is 445 Å². The highest BCUT2D eigenvalue weighted by Crippen LogP contribution is 2.26. The largest absolute Gasteiger partial charge is 0.454 e. The van der Waals surface area contributed by atoms with Crippen LogP contribution in [0.1, 0.15) is 245 Å². The van der Waals surface area contributed by atoms with E-state index in [9.17, 15) is 35.1 Å². The lowest BCUT2D eigenvalue weighted by atomic mass is 9.99. The molecule has 6 N–H and O–H groups in total. The van der Waals surface area contributed by atoms with E-state index in [1.54, 1.807) is 6.08 Å². The molecule has 73 heavy (non-hydrogen) atoms. The molecule has 0 bridgehead atoms. The van der Waals surface area contributed by atoms with Gasteiger partial charge >= 0.3 is 5.97 Å². The number of hydrogen-bond acceptors (Lipinski definition) is 10. The third-order valence-corrected chi connectivity index (χ3v) is 13.7. The number of unbranched alkanes of at least 4 members (excludes halogenated alkanes) is 27. The number of carbonyl (C=O) groups excluding carboxylic acids is 2. The summed E-state index contributed by atoms with van der Waals surface area (Å²) in [5, 5.41) is 56.9. The zero-order valence-corrected chi connectivity index (χ0v) is 46.5. The molecule has 1 aliphatic rings. The van der Waals surface area contributed by atoms with Gasteiger partial charge in [-0.2, -0.15) is 0 Å². The third kappa shape index (κ3) is 38.3. The normalized spacial score (nSPS) is 19.9. The molecule has 1 rings (SSSR count). The summed E-state index contributed by atoms with van der Waals surface area (Å²) < 4.78 is 17.6. The summed E-state index contributed by atoms with van der Waals surface area (Å²) in [4.78, 5) is 26.5. The van der Waals surface area contributed by atoms with E-state index >= 15 is 0 Å². The number of allylic oxidation sites excluding steroid dienone is 11. The van der Waals surface area contributed by atoms with Crippen LogP contribution in [0.3, 0.4) is 0 Å². The molecule has 0 aliphatic carbocycles. The number of hydrogen-bond donors (Lipinski definition) is 6. The molecule has 1 heterocycles. The quantitative estimate of drug-likeness (QED) is 0.0149. The summed E-state index contributed by atoms with van der Waals surface area (Å²) >= 11 is 0. The summed E-state index contributed by atoms with van der Waals surface area (Å²) in [7, 11) is 0. The number of amides is 1. The predicted octanol–water partition coefficient (Wildman–Crippen LogP) is 13.6. The molecule has 0 aromatic carbocycles. The van der Waals surface area contributed by atoms with Crippen molar-refractivity contribution < 1.29 is 49.3 Å². The second-order valence-corrected chi connectivity index (χ2v) is 20.4. The first-order valence-electron chi connectivity index (χ1n) is 29.7. The average molecular weight is 1030 g/mol. The fourth-order valence-corrected chi connectivity index (χ4v) is 8.92. The van der Waals surface area contributed by atoms with Crippen molar-refractivity contribution in [3.63, 3.8) is 0 Å². The van der Waals surface area contributed by atoms with Gasteiger partial charge in [0.25, 0.3) is 0 Å². The fourth-order valence-electron chi connectivity index (χ4n) is 8.92. The molecule has 11 nitrogen and oxygen atoms in total. The minimum Gasteiger partial charge on any atom is -0.454 e. The van der Waals surface area contributed by atoms with Crippen molar-refractivity contribution in [1.82, 2.24) is 5.32 Å². The molecule has 0 saturated carbocycles. The van der Waals surface area contributed by atoms with E-state index in [0.717, 1.165) is 103 Å². The van der Waals surface area contributed by atoms with Gasteiger partial charge < -0.3 is 45.1 Å². The molecule has 0 aromatic rings. The van der Waals surface area contributed by atoms with E-state index in [1.165, 1.54) is 96.3 Å². The Morgan fingerprint density at radius 3 is 1.60 bits per heavy atom. The van der Waals surface area contributed by atoms with E-state index in [4.69, 9.17) is 14.2 Å². The first kappa shape index (κ1) is 68.1. The molecule has 8 unspecified atom stereocenters. The van der Waals surface area contributed by atoms with Gasteiger partial charge in [-0.3, -0.25) is 9.59 Å². The van der Waals surface area contributed by atoms with E-state index in [1.807, 2.05) is 12.2 Å². The van der Waals surface area contributed by atoms with Gasteiger partial charge in [-0.15, -0.1) is 0 Å². The summed E-state index contributed by atoms with van der Waals surface area (Å²) in [5.41, 5.74) is 0. The average Bonchev–Trinajstić information content (AvgIpc) is 3.39. The Kier molecular flexibility index (Phi) is 46.6. The van der Waals surface area contributed by atoms with Gasteiger partial charge in [0.15, 0.2) is 12.4 Å². The SMILES string of the molecule is CC/C=C/C=C/C=C/CCCCCCCCCC(=O)OC1C(OCC(NC(=O)C(O)CCCCCCCCCC/C=C\C/C=C\CCCCC)C(O)/C=C/CCCCCCCCCCC)OC(CO)C(O)C1O. The molecule has 422 valence electrons. The van der Waals surface area contributed by atoms with Crippen molar-refractivity contribution in [1.29, 1.82) is 0 Å². The van der Waals surface area contributed by atoms with Crippen molar-refractivity contribution in [3.05, 3.63) is 72.9 Å². The fraction of sp³-hybridized carbons (Fsp3) is 0.774. The molecular formula is C62H109NO10. The van der Waals surface area contributed by atoms with Crippen LogP contribution in [0.2, 0.25) is 0 Å². The maximum Gasteiger partial charge on any atom is 0.306 e. The second kappa shape index (κ2) is 49.9. The number of rotatable bonds is 49. The van der Waals surface area contributed by atoms with Gasteiger partial charge in [-0.25, -0.2) is 0 Å². The zero-order valence-electron chi connectivity index (χ0n) is 46.5. The van der Waals surface area contributed by atoms with Gasteiger partial charge in [-0.05, 0) is 77.0 Å². The summed E-state index contributed by atoms with van der Waals surface area (Å²) in [6, 6.07) is -1.03. The van der Waals surface area contributed by atoms with Gasteiger partial charge in [0, 0.05) is 6.42 Å². The molecule has 11 heteroatoms. The molecule has 1 fully saturated rings. The van der Waals surface area contributed by atoms with Gasteiger partial charge in [0.2, 0.25) is 5.91 Å². The molecule has 0 spiro atoms. The highest BCUT2D eigenvalue weighted by atomic mass is 16.7. The van der Waals surface area contributed by atoms with Gasteiger partial charge in [-0.1, -0.05) is 235 Å². The lowest BCUT2D eigenvalue weighted by Crippen LogP contribution is -2.61. The summed E-state index contributed by atoms with van der Waals surface area (Å²) in [5.74, 6) is -1.21. The second-order valence-electron chi connectivity index (χ2n) is 20.4. The lowest BCUT2D eigenvalue weighted by molar-refractivity contribution is -0.305. The van der Waals surface area contributed by atoms with Crippen LogP contribution in [0.5, 0.6) is 0 Å². The van der Waals surface area contributed by atoms with Crippen LogP contribution in [0.15, 0.2) is 72.9 Å². The van der Waals surface area contributed by atoms with Crippen molar-refractivity contribution in [2.24, 2.45) is 0 Å². The first-order chi connectivity index (χ1) is 35.7. The number of carbonyl (C=O) groups is 2. The molecule has 1 aliphatic heterocycles. The minimum absolute atomic E-state index is 0.107. The van der Waals surface area contributed by atoms with Crippen molar-refractivity contribution in [3.8, 4) is 0 Å². The first-order valence-corrected chi connectivity index (χ1v) is 29.7. The number of esters is 1. The van der Waals surface area contributed by atoms with Crippen LogP contribution >= 0.6 is 0 Å². The van der Waals surface area contributed by atoms with Crippen molar-refractivity contribution in [2.75, 3.05) is 13.2 Å². The summed E-state index contributed by atoms with van der Waals surface area (Å²) in [6.45, 7) is 5.61. The Morgan fingerprint density at radius 1 is 0.562 bits per heavy atom. The molecule has 0 aromatic heterocycles. The molecule has 1 saturated heterocycles. The maximum atomic E-state index is 13.4. The van der Waals surface area contributed by atoms with Gasteiger partial charge in [0.05, 0.1) is 25.4 Å². The number of ether oxygens (including phenoxy) is 3. The van der Waals surface area contributed by atoms with E-state index in [0.29, 0.717) is 12.8 Å². The van der Waals surface area contributed by atoms with Gasteiger partial charge in [0.1, 0.15) is 24.4 Å². The van der Waals surface area contributed by atoms with Crippen LogP contribution < -0.4 is 5.32 Å². The van der Waals surface area contributed by atoms with Crippen LogP contribution in [0.25, 0.3) is 0 Å².